The minimum absolute atomic E-state index is 0.0159. The lowest BCUT2D eigenvalue weighted by Gasteiger charge is -2.17. The van der Waals surface area contributed by atoms with E-state index >= 15 is 0 Å². The van der Waals surface area contributed by atoms with Crippen LogP contribution in [0.4, 0.5) is 0 Å². The normalized spacial score (nSPS) is 17.0. The van der Waals surface area contributed by atoms with Crippen LogP contribution in [0.15, 0.2) is 35.8 Å². The average molecular weight is 356 g/mol. The van der Waals surface area contributed by atoms with Crippen molar-refractivity contribution >= 4 is 27.5 Å². The zero-order valence-corrected chi connectivity index (χ0v) is 14.4. The maximum Gasteiger partial charge on any atom is 0.254 e. The van der Waals surface area contributed by atoms with E-state index in [1.165, 1.54) is 18.4 Å². The van der Waals surface area contributed by atoms with Crippen molar-refractivity contribution in [1.29, 1.82) is 0 Å². The lowest BCUT2D eigenvalue weighted by Crippen LogP contribution is -2.31. The molecule has 1 fully saturated rings. The van der Waals surface area contributed by atoms with E-state index in [0.29, 0.717) is 30.4 Å². The molecule has 1 saturated heterocycles. The molecule has 1 aliphatic rings. The van der Waals surface area contributed by atoms with Crippen LogP contribution in [0.25, 0.3) is 10.2 Å². The van der Waals surface area contributed by atoms with Crippen LogP contribution in [0.5, 0.6) is 11.8 Å². The molecule has 8 heteroatoms. The smallest absolute Gasteiger partial charge is 0.254 e. The Kier molecular flexibility index (Phi) is 4.19. The van der Waals surface area contributed by atoms with Gasteiger partial charge in [-0.15, -0.1) is 21.5 Å². The summed E-state index contributed by atoms with van der Waals surface area (Å²) in [6.45, 7) is 1.20. The molecule has 1 aliphatic heterocycles. The minimum Gasteiger partial charge on any atom is -0.480 e. The van der Waals surface area contributed by atoms with Crippen LogP contribution in [0.2, 0.25) is 0 Å². The third-order valence-corrected chi connectivity index (χ3v) is 4.91. The number of carbonyl (C=O) groups is 1. The fraction of sp³-hybridized carbons (Fsp3) is 0.294. The first-order valence-electron chi connectivity index (χ1n) is 7.90. The molecular weight excluding hydrogens is 340 g/mol. The number of carbonyl (C=O) groups excluding carboxylic acids is 1. The van der Waals surface area contributed by atoms with Gasteiger partial charge in [-0.3, -0.25) is 4.79 Å². The summed E-state index contributed by atoms with van der Waals surface area (Å²) in [6.07, 6.45) is 0.682. The van der Waals surface area contributed by atoms with Crippen molar-refractivity contribution in [3.63, 3.8) is 0 Å². The van der Waals surface area contributed by atoms with Gasteiger partial charge in [0.05, 0.1) is 29.4 Å². The number of thiazole rings is 1. The van der Waals surface area contributed by atoms with Crippen LogP contribution in [0.3, 0.4) is 0 Å². The fourth-order valence-electron chi connectivity index (χ4n) is 2.83. The molecular formula is C17H16N4O3S. The number of likely N-dealkylation sites (tertiary alicyclic amines) is 1. The number of aromatic nitrogens is 3. The quantitative estimate of drug-likeness (QED) is 0.714. The molecule has 0 radical (unpaired) electrons. The lowest BCUT2D eigenvalue weighted by molar-refractivity contribution is 0.0771. The molecule has 2 aromatic heterocycles. The molecule has 3 heterocycles. The van der Waals surface area contributed by atoms with Crippen LogP contribution in [0, 0.1) is 0 Å². The summed E-state index contributed by atoms with van der Waals surface area (Å²) in [7, 11) is 1.54. The van der Waals surface area contributed by atoms with Crippen LogP contribution in [0.1, 0.15) is 16.8 Å². The Morgan fingerprint density at radius 3 is 2.88 bits per heavy atom. The number of hydrogen-bond acceptors (Lipinski definition) is 7. The summed E-state index contributed by atoms with van der Waals surface area (Å²) >= 11 is 1.53. The van der Waals surface area contributed by atoms with Crippen molar-refractivity contribution in [2.24, 2.45) is 0 Å². The molecule has 3 aromatic rings. The first kappa shape index (κ1) is 15.8. The molecule has 0 N–H and O–H groups in total. The summed E-state index contributed by atoms with van der Waals surface area (Å²) < 4.78 is 11.8. The van der Waals surface area contributed by atoms with E-state index < -0.39 is 0 Å². The van der Waals surface area contributed by atoms with Crippen molar-refractivity contribution in [1.82, 2.24) is 20.1 Å². The summed E-state index contributed by atoms with van der Waals surface area (Å²) in [5.74, 6) is 0.891. The van der Waals surface area contributed by atoms with Gasteiger partial charge in [-0.25, -0.2) is 4.98 Å². The SMILES string of the molecule is COc1ccc(OC2CCN(C(=O)c3ccc4ncsc4c3)C2)nn1. The van der Waals surface area contributed by atoms with Gasteiger partial charge in [-0.1, -0.05) is 0 Å². The van der Waals surface area contributed by atoms with Crippen molar-refractivity contribution in [3.05, 3.63) is 41.4 Å². The zero-order chi connectivity index (χ0) is 17.2. The van der Waals surface area contributed by atoms with Crippen molar-refractivity contribution in [2.45, 2.75) is 12.5 Å². The molecule has 1 aromatic carbocycles. The van der Waals surface area contributed by atoms with Crippen molar-refractivity contribution in [3.8, 4) is 11.8 Å². The second-order valence-corrected chi connectivity index (χ2v) is 6.61. The molecule has 0 saturated carbocycles. The Hall–Kier alpha value is -2.74. The van der Waals surface area contributed by atoms with Crippen LogP contribution in [-0.4, -0.2) is 52.3 Å². The number of hydrogen-bond donors (Lipinski definition) is 0. The van der Waals surface area contributed by atoms with Crippen molar-refractivity contribution in [2.75, 3.05) is 20.2 Å². The molecule has 25 heavy (non-hydrogen) atoms. The van der Waals surface area contributed by atoms with Crippen LogP contribution >= 0.6 is 11.3 Å². The Balaban J connectivity index is 1.41. The minimum atomic E-state index is -0.0845. The van der Waals surface area contributed by atoms with Crippen LogP contribution < -0.4 is 9.47 Å². The van der Waals surface area contributed by atoms with E-state index in [9.17, 15) is 4.79 Å². The number of rotatable bonds is 4. The second kappa shape index (κ2) is 6.64. The number of amides is 1. The lowest BCUT2D eigenvalue weighted by atomic mass is 10.2. The van der Waals surface area contributed by atoms with Crippen LogP contribution in [-0.2, 0) is 0 Å². The number of fused-ring (bicyclic) bond motifs is 1. The molecule has 7 nitrogen and oxygen atoms in total. The number of nitrogens with zero attached hydrogens (tertiary/aromatic N) is 4. The van der Waals surface area contributed by atoms with Gasteiger partial charge >= 0.3 is 0 Å². The predicted molar refractivity (Wildman–Crippen MR) is 93.1 cm³/mol. The van der Waals surface area contributed by atoms with E-state index in [0.717, 1.165) is 16.6 Å². The molecule has 0 spiro atoms. The van der Waals surface area contributed by atoms with Gasteiger partial charge < -0.3 is 14.4 Å². The fourth-order valence-corrected chi connectivity index (χ4v) is 3.55. The van der Waals surface area contributed by atoms with E-state index in [1.807, 2.05) is 23.1 Å². The highest BCUT2D eigenvalue weighted by Gasteiger charge is 2.28. The van der Waals surface area contributed by atoms with Gasteiger partial charge in [0.15, 0.2) is 0 Å². The van der Waals surface area contributed by atoms with Gasteiger partial charge in [0.2, 0.25) is 11.8 Å². The summed E-state index contributed by atoms with van der Waals surface area (Å²) in [6, 6.07) is 9.03. The molecule has 0 bridgehead atoms. The Morgan fingerprint density at radius 2 is 2.08 bits per heavy atom. The standard InChI is InChI=1S/C17H16N4O3S/c1-23-15-4-5-16(20-19-15)24-12-6-7-21(9-12)17(22)11-2-3-13-14(8-11)25-10-18-13/h2-5,8,10,12H,6-7,9H2,1H3. The Labute approximate surface area is 148 Å². The number of benzene rings is 1. The van der Waals surface area contributed by atoms with Gasteiger partial charge in [0.25, 0.3) is 5.91 Å². The molecule has 4 rings (SSSR count). The topological polar surface area (TPSA) is 77.4 Å². The monoisotopic (exact) mass is 356 g/mol. The number of methoxy groups -OCH3 is 1. The molecule has 1 atom stereocenters. The molecule has 1 unspecified atom stereocenters. The van der Waals surface area contributed by atoms with E-state index in [-0.39, 0.29) is 12.0 Å². The van der Waals surface area contributed by atoms with Gasteiger partial charge in [0, 0.05) is 30.7 Å². The predicted octanol–water partition coefficient (Wildman–Crippen LogP) is 2.39. The molecule has 1 amide bonds. The maximum atomic E-state index is 12.7. The highest BCUT2D eigenvalue weighted by atomic mass is 32.1. The summed E-state index contributed by atoms with van der Waals surface area (Å²) in [5.41, 5.74) is 3.39. The Morgan fingerprint density at radius 1 is 1.24 bits per heavy atom. The largest absolute Gasteiger partial charge is 0.480 e. The average Bonchev–Trinajstić information content (AvgIpc) is 3.30. The van der Waals surface area contributed by atoms with Crippen molar-refractivity contribution < 1.29 is 14.3 Å². The van der Waals surface area contributed by atoms with E-state index in [1.54, 1.807) is 17.6 Å². The van der Waals surface area contributed by atoms with Gasteiger partial charge in [0.1, 0.15) is 6.10 Å². The number of ether oxygens (including phenoxy) is 2. The van der Waals surface area contributed by atoms with E-state index in [4.69, 9.17) is 9.47 Å². The molecule has 0 aliphatic carbocycles. The highest BCUT2D eigenvalue weighted by molar-refractivity contribution is 7.16. The maximum absolute atomic E-state index is 12.7. The third kappa shape index (κ3) is 3.25. The third-order valence-electron chi connectivity index (χ3n) is 4.12. The van der Waals surface area contributed by atoms with Gasteiger partial charge in [-0.2, -0.15) is 0 Å². The zero-order valence-electron chi connectivity index (χ0n) is 13.6. The summed E-state index contributed by atoms with van der Waals surface area (Å²) in [4.78, 5) is 18.8. The second-order valence-electron chi connectivity index (χ2n) is 5.73. The van der Waals surface area contributed by atoms with Gasteiger partial charge in [-0.05, 0) is 18.2 Å². The first-order valence-corrected chi connectivity index (χ1v) is 8.78. The highest BCUT2D eigenvalue weighted by Crippen LogP contribution is 2.22. The Bertz CT molecular complexity index is 896. The van der Waals surface area contributed by atoms with E-state index in [2.05, 4.69) is 15.2 Å². The molecule has 128 valence electrons. The first-order chi connectivity index (χ1) is 12.2. The summed E-state index contributed by atoms with van der Waals surface area (Å²) in [5, 5.41) is 7.85.